The van der Waals surface area contributed by atoms with Gasteiger partial charge in [-0.25, -0.2) is 0 Å². The molecule has 0 saturated carbocycles. The van der Waals surface area contributed by atoms with E-state index in [-0.39, 0.29) is 0 Å². The SMILES string of the molecule is CSCCNCCCN1CCCCC1. The van der Waals surface area contributed by atoms with Crippen LogP contribution in [0, 0.1) is 0 Å². The summed E-state index contributed by atoms with van der Waals surface area (Å²) in [6.07, 6.45) is 7.76. The topological polar surface area (TPSA) is 15.3 Å². The Bertz CT molecular complexity index is 124. The van der Waals surface area contributed by atoms with Gasteiger partial charge in [-0.1, -0.05) is 6.42 Å². The Morgan fingerprint density at radius 2 is 1.93 bits per heavy atom. The molecular weight excluding hydrogens is 192 g/mol. The molecule has 0 unspecified atom stereocenters. The van der Waals surface area contributed by atoms with Crippen LogP contribution in [0.4, 0.5) is 0 Å². The summed E-state index contributed by atoms with van der Waals surface area (Å²) in [5, 5.41) is 3.48. The van der Waals surface area contributed by atoms with Crippen molar-refractivity contribution in [2.75, 3.05) is 44.7 Å². The molecular formula is C11H24N2S. The summed E-state index contributed by atoms with van der Waals surface area (Å²) in [5.74, 6) is 1.24. The first-order chi connectivity index (χ1) is 6.93. The highest BCUT2D eigenvalue weighted by atomic mass is 32.2. The number of piperidine rings is 1. The highest BCUT2D eigenvalue weighted by Crippen LogP contribution is 2.08. The van der Waals surface area contributed by atoms with Crippen molar-refractivity contribution >= 4 is 11.8 Å². The highest BCUT2D eigenvalue weighted by Gasteiger charge is 2.08. The Hall–Kier alpha value is 0.270. The summed E-state index contributed by atoms with van der Waals surface area (Å²) in [6, 6.07) is 0. The summed E-state index contributed by atoms with van der Waals surface area (Å²) in [5.41, 5.74) is 0. The molecule has 84 valence electrons. The van der Waals surface area contributed by atoms with Crippen LogP contribution in [0.15, 0.2) is 0 Å². The third kappa shape index (κ3) is 5.89. The number of nitrogens with one attached hydrogen (secondary N) is 1. The second kappa shape index (κ2) is 8.57. The van der Waals surface area contributed by atoms with Gasteiger partial charge >= 0.3 is 0 Å². The molecule has 0 aliphatic carbocycles. The average molecular weight is 216 g/mol. The molecule has 2 nitrogen and oxygen atoms in total. The molecule has 1 fully saturated rings. The van der Waals surface area contributed by atoms with Gasteiger partial charge in [0.1, 0.15) is 0 Å². The average Bonchev–Trinajstić information content (AvgIpc) is 2.25. The van der Waals surface area contributed by atoms with E-state index in [4.69, 9.17) is 0 Å². The van der Waals surface area contributed by atoms with E-state index in [1.54, 1.807) is 0 Å². The normalized spacial score (nSPS) is 18.6. The van der Waals surface area contributed by atoms with Crippen LogP contribution < -0.4 is 5.32 Å². The van der Waals surface area contributed by atoms with Crippen molar-refractivity contribution in [2.24, 2.45) is 0 Å². The lowest BCUT2D eigenvalue weighted by Crippen LogP contribution is -2.32. The van der Waals surface area contributed by atoms with E-state index in [0.29, 0.717) is 0 Å². The molecule has 0 radical (unpaired) electrons. The lowest BCUT2D eigenvalue weighted by molar-refractivity contribution is 0.226. The van der Waals surface area contributed by atoms with E-state index >= 15 is 0 Å². The summed E-state index contributed by atoms with van der Waals surface area (Å²) in [6.45, 7) is 6.33. The number of nitrogens with zero attached hydrogens (tertiary/aromatic N) is 1. The van der Waals surface area contributed by atoms with Crippen molar-refractivity contribution in [1.29, 1.82) is 0 Å². The first-order valence-corrected chi connectivity index (χ1v) is 7.25. The van der Waals surface area contributed by atoms with E-state index in [0.717, 1.165) is 0 Å². The van der Waals surface area contributed by atoms with Gasteiger partial charge in [0.2, 0.25) is 0 Å². The van der Waals surface area contributed by atoms with Gasteiger partial charge in [-0.15, -0.1) is 0 Å². The van der Waals surface area contributed by atoms with E-state index in [1.165, 1.54) is 64.2 Å². The fraction of sp³-hybridized carbons (Fsp3) is 1.00. The maximum atomic E-state index is 3.48. The smallest absolute Gasteiger partial charge is 0.00553 e. The standard InChI is InChI=1S/C11H24N2S/c1-14-11-7-12-6-5-10-13-8-3-2-4-9-13/h12H,2-11H2,1H3. The van der Waals surface area contributed by atoms with Crippen LogP contribution in [-0.4, -0.2) is 49.6 Å². The van der Waals surface area contributed by atoms with E-state index in [9.17, 15) is 0 Å². The van der Waals surface area contributed by atoms with Crippen molar-refractivity contribution in [3.05, 3.63) is 0 Å². The van der Waals surface area contributed by atoms with Gasteiger partial charge in [-0.05, 0) is 51.7 Å². The van der Waals surface area contributed by atoms with Crippen LogP contribution in [0.5, 0.6) is 0 Å². The highest BCUT2D eigenvalue weighted by molar-refractivity contribution is 7.98. The molecule has 1 aliphatic heterocycles. The Kier molecular flexibility index (Phi) is 7.55. The van der Waals surface area contributed by atoms with Crippen molar-refractivity contribution in [1.82, 2.24) is 10.2 Å². The minimum absolute atomic E-state index is 1.17. The summed E-state index contributed by atoms with van der Waals surface area (Å²) < 4.78 is 0. The molecule has 0 aromatic rings. The van der Waals surface area contributed by atoms with Gasteiger partial charge in [-0.2, -0.15) is 11.8 Å². The van der Waals surface area contributed by atoms with Crippen molar-refractivity contribution in [2.45, 2.75) is 25.7 Å². The molecule has 0 spiro atoms. The van der Waals surface area contributed by atoms with E-state index < -0.39 is 0 Å². The first-order valence-electron chi connectivity index (χ1n) is 5.85. The molecule has 0 amide bonds. The largest absolute Gasteiger partial charge is 0.316 e. The van der Waals surface area contributed by atoms with Crippen LogP contribution in [0.1, 0.15) is 25.7 Å². The number of rotatable bonds is 7. The van der Waals surface area contributed by atoms with Crippen LogP contribution in [-0.2, 0) is 0 Å². The molecule has 0 bridgehead atoms. The van der Waals surface area contributed by atoms with Crippen molar-refractivity contribution < 1.29 is 0 Å². The summed E-state index contributed by atoms with van der Waals surface area (Å²) in [4.78, 5) is 2.61. The fourth-order valence-corrected chi connectivity index (χ4v) is 2.26. The lowest BCUT2D eigenvalue weighted by atomic mass is 10.1. The number of thioether (sulfide) groups is 1. The molecule has 0 aromatic carbocycles. The van der Waals surface area contributed by atoms with Crippen LogP contribution in [0.2, 0.25) is 0 Å². The predicted octanol–water partition coefficient (Wildman–Crippen LogP) is 1.81. The second-order valence-corrected chi connectivity index (χ2v) is 4.98. The molecule has 1 aliphatic rings. The van der Waals surface area contributed by atoms with Gasteiger partial charge < -0.3 is 10.2 Å². The number of hydrogen-bond acceptors (Lipinski definition) is 3. The zero-order valence-corrected chi connectivity index (χ0v) is 10.2. The molecule has 3 heteroatoms. The Labute approximate surface area is 92.8 Å². The van der Waals surface area contributed by atoms with Crippen LogP contribution >= 0.6 is 11.8 Å². The minimum Gasteiger partial charge on any atom is -0.316 e. The van der Waals surface area contributed by atoms with Crippen molar-refractivity contribution in [3.63, 3.8) is 0 Å². The van der Waals surface area contributed by atoms with Crippen molar-refractivity contribution in [3.8, 4) is 0 Å². The third-order valence-electron chi connectivity index (χ3n) is 2.76. The zero-order valence-electron chi connectivity index (χ0n) is 9.43. The molecule has 1 rings (SSSR count). The monoisotopic (exact) mass is 216 g/mol. The second-order valence-electron chi connectivity index (χ2n) is 4.00. The Balaban J connectivity index is 1.82. The molecule has 14 heavy (non-hydrogen) atoms. The Morgan fingerprint density at radius 1 is 1.14 bits per heavy atom. The quantitative estimate of drug-likeness (QED) is 0.654. The minimum atomic E-state index is 1.17. The molecule has 0 atom stereocenters. The number of likely N-dealkylation sites (tertiary alicyclic amines) is 1. The van der Waals surface area contributed by atoms with Gasteiger partial charge in [0.05, 0.1) is 0 Å². The zero-order chi connectivity index (χ0) is 10.1. The van der Waals surface area contributed by atoms with Crippen LogP contribution in [0.25, 0.3) is 0 Å². The number of hydrogen-bond donors (Lipinski definition) is 1. The summed E-state index contributed by atoms with van der Waals surface area (Å²) in [7, 11) is 0. The maximum Gasteiger partial charge on any atom is 0.00553 e. The predicted molar refractivity (Wildman–Crippen MR) is 66.2 cm³/mol. The van der Waals surface area contributed by atoms with E-state index in [2.05, 4.69) is 16.5 Å². The maximum absolute atomic E-state index is 3.48. The molecule has 1 N–H and O–H groups in total. The molecule has 0 aromatic heterocycles. The molecule has 1 saturated heterocycles. The van der Waals surface area contributed by atoms with Gasteiger partial charge in [0.25, 0.3) is 0 Å². The Morgan fingerprint density at radius 3 is 2.64 bits per heavy atom. The van der Waals surface area contributed by atoms with Gasteiger partial charge in [0.15, 0.2) is 0 Å². The van der Waals surface area contributed by atoms with E-state index in [1.807, 2.05) is 11.8 Å². The van der Waals surface area contributed by atoms with Crippen LogP contribution in [0.3, 0.4) is 0 Å². The summed E-state index contributed by atoms with van der Waals surface area (Å²) >= 11 is 1.91. The van der Waals surface area contributed by atoms with Gasteiger partial charge in [0, 0.05) is 12.3 Å². The molecule has 1 heterocycles. The fourth-order valence-electron chi connectivity index (χ4n) is 1.91. The first kappa shape index (κ1) is 12.3. The lowest BCUT2D eigenvalue weighted by Gasteiger charge is -2.26. The third-order valence-corrected chi connectivity index (χ3v) is 3.37. The van der Waals surface area contributed by atoms with Gasteiger partial charge in [-0.3, -0.25) is 0 Å².